The molecule has 0 aromatic heterocycles. The lowest BCUT2D eigenvalue weighted by atomic mass is 9.81. The maximum absolute atomic E-state index is 13.2. The van der Waals surface area contributed by atoms with Crippen molar-refractivity contribution in [3.8, 4) is 5.75 Å². The van der Waals surface area contributed by atoms with Crippen molar-refractivity contribution < 1.29 is 14.3 Å². The summed E-state index contributed by atoms with van der Waals surface area (Å²) in [5.74, 6) is 0.640. The molecule has 0 saturated carbocycles. The highest BCUT2D eigenvalue weighted by Crippen LogP contribution is 2.30. The van der Waals surface area contributed by atoms with Crippen molar-refractivity contribution in [2.45, 2.75) is 39.2 Å². The average Bonchev–Trinajstić information content (AvgIpc) is 3.36. The molecule has 0 spiro atoms. The predicted octanol–water partition coefficient (Wildman–Crippen LogP) is 4.30. The van der Waals surface area contributed by atoms with Gasteiger partial charge in [-0.15, -0.1) is 0 Å². The molecule has 1 heterocycles. The molecule has 1 atom stereocenters. The van der Waals surface area contributed by atoms with Gasteiger partial charge in [0.25, 0.3) is 0 Å². The van der Waals surface area contributed by atoms with Crippen molar-refractivity contribution >= 4 is 5.78 Å². The molecule has 1 unspecified atom stereocenters. The van der Waals surface area contributed by atoms with E-state index >= 15 is 0 Å². The van der Waals surface area contributed by atoms with E-state index in [2.05, 4.69) is 20.8 Å². The first-order chi connectivity index (χ1) is 11.4. The Bertz CT molecular complexity index is 752. The Morgan fingerprint density at radius 1 is 1.17 bits per heavy atom. The highest BCUT2D eigenvalue weighted by atomic mass is 16.6. The number of aryl methyl sites for hydroxylation is 1. The Hall–Kier alpha value is -2.13. The van der Waals surface area contributed by atoms with Crippen molar-refractivity contribution in [3.05, 3.63) is 64.7 Å². The van der Waals surface area contributed by atoms with Crippen LogP contribution in [0.1, 0.15) is 47.8 Å². The summed E-state index contributed by atoms with van der Waals surface area (Å²) in [4.78, 5) is 13.2. The molecule has 0 N–H and O–H groups in total. The molecule has 0 radical (unpaired) electrons. The Morgan fingerprint density at radius 2 is 1.88 bits per heavy atom. The number of epoxide rings is 1. The van der Waals surface area contributed by atoms with Gasteiger partial charge in [-0.2, -0.15) is 0 Å². The molecule has 1 aliphatic heterocycles. The number of ether oxygens (including phenoxy) is 2. The number of hydrogen-bond donors (Lipinski definition) is 0. The molecule has 3 nitrogen and oxygen atoms in total. The van der Waals surface area contributed by atoms with Gasteiger partial charge in [-0.25, -0.2) is 0 Å². The molecule has 2 aromatic carbocycles. The topological polar surface area (TPSA) is 38.8 Å². The SMILES string of the molecule is Cc1ccc(OCC2CO2)c(C(=O)c2ccccc2C(C)(C)C)c1. The van der Waals surface area contributed by atoms with Crippen LogP contribution in [0.5, 0.6) is 5.75 Å². The van der Waals surface area contributed by atoms with Gasteiger partial charge in [-0.3, -0.25) is 4.79 Å². The van der Waals surface area contributed by atoms with Crippen molar-refractivity contribution in [2.75, 3.05) is 13.2 Å². The quantitative estimate of drug-likeness (QED) is 0.608. The number of rotatable bonds is 5. The first-order valence-electron chi connectivity index (χ1n) is 8.35. The summed E-state index contributed by atoms with van der Waals surface area (Å²) in [6.45, 7) is 9.58. The molecule has 0 bridgehead atoms. The molecule has 3 rings (SSSR count). The summed E-state index contributed by atoms with van der Waals surface area (Å²) in [5, 5.41) is 0. The number of carbonyl (C=O) groups excluding carboxylic acids is 1. The Balaban J connectivity index is 1.99. The third-order valence-electron chi connectivity index (χ3n) is 4.19. The highest BCUT2D eigenvalue weighted by molar-refractivity contribution is 6.11. The van der Waals surface area contributed by atoms with Crippen LogP contribution in [0.3, 0.4) is 0 Å². The van der Waals surface area contributed by atoms with Crippen LogP contribution in [0.4, 0.5) is 0 Å². The Labute approximate surface area is 143 Å². The molecule has 0 aliphatic carbocycles. The summed E-state index contributed by atoms with van der Waals surface area (Å²) in [7, 11) is 0. The molecule has 0 amide bonds. The van der Waals surface area contributed by atoms with Gasteiger partial charge >= 0.3 is 0 Å². The van der Waals surface area contributed by atoms with Crippen LogP contribution >= 0.6 is 0 Å². The third kappa shape index (κ3) is 3.68. The minimum atomic E-state index is -0.0983. The van der Waals surface area contributed by atoms with Gasteiger partial charge in [-0.05, 0) is 30.0 Å². The van der Waals surface area contributed by atoms with Crippen LogP contribution in [-0.4, -0.2) is 25.1 Å². The fraction of sp³-hybridized carbons (Fsp3) is 0.381. The van der Waals surface area contributed by atoms with Gasteiger partial charge in [0.15, 0.2) is 5.78 Å². The zero-order chi connectivity index (χ0) is 17.3. The van der Waals surface area contributed by atoms with E-state index in [4.69, 9.17) is 9.47 Å². The van der Waals surface area contributed by atoms with E-state index in [1.54, 1.807) is 0 Å². The average molecular weight is 324 g/mol. The van der Waals surface area contributed by atoms with Crippen molar-refractivity contribution in [3.63, 3.8) is 0 Å². The summed E-state index contributed by atoms with van der Waals surface area (Å²) in [5.41, 5.74) is 3.35. The standard InChI is InChI=1S/C21H24O3/c1-14-9-10-19(24-13-15-12-23-15)17(11-14)20(22)16-7-5-6-8-18(16)21(2,3)4/h5-11,15H,12-13H2,1-4H3. The van der Waals surface area contributed by atoms with E-state index in [0.717, 1.165) is 23.3 Å². The molecular formula is C21H24O3. The van der Waals surface area contributed by atoms with Crippen LogP contribution < -0.4 is 4.74 Å². The van der Waals surface area contributed by atoms with Crippen LogP contribution in [0.15, 0.2) is 42.5 Å². The summed E-state index contributed by atoms with van der Waals surface area (Å²) in [6.07, 6.45) is 0.163. The lowest BCUT2D eigenvalue weighted by Gasteiger charge is -2.22. The number of hydrogen-bond acceptors (Lipinski definition) is 3. The summed E-state index contributed by atoms with van der Waals surface area (Å²) >= 11 is 0. The highest BCUT2D eigenvalue weighted by Gasteiger charge is 2.26. The zero-order valence-electron chi connectivity index (χ0n) is 14.8. The largest absolute Gasteiger partial charge is 0.490 e. The molecule has 2 aromatic rings. The molecule has 24 heavy (non-hydrogen) atoms. The van der Waals surface area contributed by atoms with Gasteiger partial charge in [-0.1, -0.05) is 56.7 Å². The van der Waals surface area contributed by atoms with Crippen molar-refractivity contribution in [1.29, 1.82) is 0 Å². The van der Waals surface area contributed by atoms with Crippen LogP contribution in [0.25, 0.3) is 0 Å². The fourth-order valence-corrected chi connectivity index (χ4v) is 2.77. The second kappa shape index (κ2) is 6.40. The number of ketones is 1. The minimum absolute atomic E-state index is 0.0101. The van der Waals surface area contributed by atoms with Gasteiger partial charge < -0.3 is 9.47 Å². The van der Waals surface area contributed by atoms with E-state index in [-0.39, 0.29) is 17.3 Å². The van der Waals surface area contributed by atoms with Gasteiger partial charge in [0.2, 0.25) is 0 Å². The number of carbonyl (C=O) groups is 1. The molecule has 3 heteroatoms. The fourth-order valence-electron chi connectivity index (χ4n) is 2.77. The zero-order valence-corrected chi connectivity index (χ0v) is 14.8. The first kappa shape index (κ1) is 16.7. The first-order valence-corrected chi connectivity index (χ1v) is 8.35. The Kier molecular flexibility index (Phi) is 4.46. The molecule has 1 saturated heterocycles. The molecule has 1 aliphatic rings. The smallest absolute Gasteiger partial charge is 0.197 e. The second-order valence-electron chi connectivity index (χ2n) is 7.39. The summed E-state index contributed by atoms with van der Waals surface area (Å²) < 4.78 is 11.0. The normalized spacial score (nSPS) is 16.8. The van der Waals surface area contributed by atoms with Crippen LogP contribution in [-0.2, 0) is 10.2 Å². The van der Waals surface area contributed by atoms with E-state index < -0.39 is 0 Å². The lowest BCUT2D eigenvalue weighted by molar-refractivity contribution is 0.103. The molecular weight excluding hydrogens is 300 g/mol. The van der Waals surface area contributed by atoms with Gasteiger partial charge in [0.05, 0.1) is 12.2 Å². The molecule has 126 valence electrons. The lowest BCUT2D eigenvalue weighted by Crippen LogP contribution is -2.18. The van der Waals surface area contributed by atoms with Crippen molar-refractivity contribution in [2.24, 2.45) is 0 Å². The van der Waals surface area contributed by atoms with E-state index in [0.29, 0.717) is 17.9 Å². The van der Waals surface area contributed by atoms with E-state index in [1.807, 2.05) is 49.4 Å². The maximum atomic E-state index is 13.2. The molecule has 1 fully saturated rings. The predicted molar refractivity (Wildman–Crippen MR) is 95.0 cm³/mol. The van der Waals surface area contributed by atoms with E-state index in [1.165, 1.54) is 0 Å². The Morgan fingerprint density at radius 3 is 2.54 bits per heavy atom. The summed E-state index contributed by atoms with van der Waals surface area (Å²) in [6, 6.07) is 13.6. The van der Waals surface area contributed by atoms with Gasteiger partial charge in [0.1, 0.15) is 18.5 Å². The van der Waals surface area contributed by atoms with E-state index in [9.17, 15) is 4.79 Å². The number of benzene rings is 2. The second-order valence-corrected chi connectivity index (χ2v) is 7.39. The third-order valence-corrected chi connectivity index (χ3v) is 4.19. The van der Waals surface area contributed by atoms with Crippen LogP contribution in [0.2, 0.25) is 0 Å². The minimum Gasteiger partial charge on any atom is -0.490 e. The monoisotopic (exact) mass is 324 g/mol. The van der Waals surface area contributed by atoms with Crippen LogP contribution in [0, 0.1) is 6.92 Å². The maximum Gasteiger partial charge on any atom is 0.197 e. The van der Waals surface area contributed by atoms with Crippen molar-refractivity contribution in [1.82, 2.24) is 0 Å². The van der Waals surface area contributed by atoms with Gasteiger partial charge in [0, 0.05) is 5.56 Å².